The Morgan fingerprint density at radius 3 is 3.06 bits per heavy atom. The predicted octanol–water partition coefficient (Wildman–Crippen LogP) is 2.07. The fraction of sp³-hybridized carbons (Fsp3) is 0.111. The normalized spacial score (nSPS) is 10.4. The van der Waals surface area contributed by atoms with Crippen molar-refractivity contribution in [2.75, 3.05) is 6.26 Å². The quantitative estimate of drug-likeness (QED) is 0.455. The van der Waals surface area contributed by atoms with Crippen molar-refractivity contribution in [2.45, 2.75) is 0 Å². The summed E-state index contributed by atoms with van der Waals surface area (Å²) in [5.74, 6) is 0.0963. The number of nitrogens with zero attached hydrogens (tertiary/aromatic N) is 1. The summed E-state index contributed by atoms with van der Waals surface area (Å²) in [5.41, 5.74) is 2.76. The average molecular weight is 304 g/mol. The van der Waals surface area contributed by atoms with Crippen molar-refractivity contribution in [1.29, 1.82) is 0 Å². The van der Waals surface area contributed by atoms with Crippen LogP contribution < -0.4 is 10.1 Å². The van der Waals surface area contributed by atoms with Crippen LogP contribution in [0.5, 0.6) is 5.75 Å². The highest BCUT2D eigenvalue weighted by molar-refractivity contribution is 9.10. The molecule has 1 aromatic carbocycles. The van der Waals surface area contributed by atoms with E-state index in [1.807, 2.05) is 0 Å². The molecular weight excluding hydrogens is 294 g/mol. The molecule has 0 aliphatic carbocycles. The van der Waals surface area contributed by atoms with Gasteiger partial charge in [0.2, 0.25) is 0 Å². The van der Waals surface area contributed by atoms with Gasteiger partial charge in [-0.1, -0.05) is 27.9 Å². The molecule has 3 N–H and O–H groups in total. The minimum Gasteiger partial charge on any atom is -0.507 e. The second-order valence-electron chi connectivity index (χ2n) is 2.71. The number of urea groups is 1. The van der Waals surface area contributed by atoms with Crippen molar-refractivity contribution >= 4 is 40.1 Å². The van der Waals surface area contributed by atoms with E-state index < -0.39 is 6.03 Å². The molecule has 86 valence electrons. The van der Waals surface area contributed by atoms with Gasteiger partial charge in [-0.2, -0.15) is 5.10 Å². The van der Waals surface area contributed by atoms with Gasteiger partial charge in [-0.05, 0) is 18.2 Å². The molecule has 0 aromatic heterocycles. The maximum Gasteiger partial charge on any atom is 0.345 e. The third kappa shape index (κ3) is 4.11. The standard InChI is InChI=1S/C9H10BrN3O2S/c1-16-13-9(15)12-11-5-6-4-7(10)2-3-8(6)14/h2-5,14H,1H3,(H2,12,13,15)/b11-5+. The second kappa shape index (κ2) is 6.39. The molecule has 0 unspecified atom stereocenters. The van der Waals surface area contributed by atoms with Crippen LogP contribution >= 0.6 is 27.9 Å². The predicted molar refractivity (Wildman–Crippen MR) is 68.6 cm³/mol. The van der Waals surface area contributed by atoms with Crippen LogP contribution in [0, 0.1) is 0 Å². The first-order chi connectivity index (χ1) is 7.63. The number of phenolic OH excluding ortho intramolecular Hbond substituents is 1. The third-order valence-electron chi connectivity index (χ3n) is 1.55. The van der Waals surface area contributed by atoms with Gasteiger partial charge in [0.05, 0.1) is 6.21 Å². The van der Waals surface area contributed by atoms with Gasteiger partial charge in [0.15, 0.2) is 0 Å². The van der Waals surface area contributed by atoms with Crippen LogP contribution in [0.25, 0.3) is 0 Å². The Morgan fingerprint density at radius 1 is 1.62 bits per heavy atom. The van der Waals surface area contributed by atoms with Crippen LogP contribution in [0.15, 0.2) is 27.8 Å². The molecule has 0 radical (unpaired) electrons. The maximum absolute atomic E-state index is 11.0. The molecule has 0 atom stereocenters. The van der Waals surface area contributed by atoms with E-state index in [0.717, 1.165) is 4.47 Å². The van der Waals surface area contributed by atoms with Gasteiger partial charge in [0.1, 0.15) is 5.75 Å². The van der Waals surface area contributed by atoms with Crippen molar-refractivity contribution in [3.63, 3.8) is 0 Å². The van der Waals surface area contributed by atoms with E-state index in [0.29, 0.717) is 5.56 Å². The van der Waals surface area contributed by atoms with E-state index in [2.05, 4.69) is 31.2 Å². The third-order valence-corrected chi connectivity index (χ3v) is 2.44. The van der Waals surface area contributed by atoms with E-state index in [4.69, 9.17) is 0 Å². The van der Waals surface area contributed by atoms with Crippen LogP contribution in [0.4, 0.5) is 4.79 Å². The summed E-state index contributed by atoms with van der Waals surface area (Å²) >= 11 is 4.43. The number of amides is 2. The number of carbonyl (C=O) groups is 1. The van der Waals surface area contributed by atoms with Crippen molar-refractivity contribution < 1.29 is 9.90 Å². The number of rotatable bonds is 3. The molecule has 5 nitrogen and oxygen atoms in total. The van der Waals surface area contributed by atoms with Crippen LogP contribution in [0.2, 0.25) is 0 Å². The number of carbonyl (C=O) groups excluding carboxylic acids is 1. The molecule has 1 aromatic rings. The summed E-state index contributed by atoms with van der Waals surface area (Å²) in [6, 6.07) is 4.51. The zero-order valence-electron chi connectivity index (χ0n) is 8.40. The molecule has 2 amide bonds. The summed E-state index contributed by atoms with van der Waals surface area (Å²) in [6.07, 6.45) is 3.09. The van der Waals surface area contributed by atoms with Gasteiger partial charge in [-0.3, -0.25) is 4.72 Å². The fourth-order valence-corrected chi connectivity index (χ4v) is 1.51. The second-order valence-corrected chi connectivity index (χ2v) is 4.24. The number of benzene rings is 1. The summed E-state index contributed by atoms with van der Waals surface area (Å²) in [4.78, 5) is 11.0. The van der Waals surface area contributed by atoms with Crippen LogP contribution in [-0.2, 0) is 0 Å². The van der Waals surface area contributed by atoms with E-state index in [1.165, 1.54) is 24.2 Å². The van der Waals surface area contributed by atoms with E-state index in [1.54, 1.807) is 18.4 Å². The van der Waals surface area contributed by atoms with E-state index in [-0.39, 0.29) is 5.75 Å². The first-order valence-corrected chi connectivity index (χ1v) is 6.26. The summed E-state index contributed by atoms with van der Waals surface area (Å²) in [7, 11) is 0. The van der Waals surface area contributed by atoms with Gasteiger partial charge in [-0.15, -0.1) is 0 Å². The summed E-state index contributed by atoms with van der Waals surface area (Å²) < 4.78 is 3.26. The first-order valence-electron chi connectivity index (χ1n) is 4.24. The lowest BCUT2D eigenvalue weighted by Crippen LogP contribution is -2.26. The molecule has 0 saturated heterocycles. The van der Waals surface area contributed by atoms with Crippen molar-refractivity contribution in [3.8, 4) is 5.75 Å². The van der Waals surface area contributed by atoms with Gasteiger partial charge in [0.25, 0.3) is 0 Å². The van der Waals surface area contributed by atoms with Crippen molar-refractivity contribution in [3.05, 3.63) is 28.2 Å². The number of hydrogen-bond acceptors (Lipinski definition) is 4. The summed E-state index contributed by atoms with van der Waals surface area (Å²) in [5, 5.41) is 13.1. The Kier molecular flexibility index (Phi) is 5.13. The van der Waals surface area contributed by atoms with Gasteiger partial charge in [-0.25, -0.2) is 10.2 Å². The highest BCUT2D eigenvalue weighted by atomic mass is 79.9. The number of halogens is 1. The largest absolute Gasteiger partial charge is 0.507 e. The smallest absolute Gasteiger partial charge is 0.345 e. The van der Waals surface area contributed by atoms with Gasteiger partial charge < -0.3 is 5.11 Å². The lowest BCUT2D eigenvalue weighted by atomic mass is 10.2. The molecule has 1 rings (SSSR count). The Labute approximate surface area is 106 Å². The lowest BCUT2D eigenvalue weighted by Gasteiger charge is -2.00. The number of aromatic hydroxyl groups is 1. The molecule has 0 bridgehead atoms. The Hall–Kier alpha value is -1.21. The lowest BCUT2D eigenvalue weighted by molar-refractivity contribution is 0.247. The highest BCUT2D eigenvalue weighted by Gasteiger charge is 1.99. The molecule has 0 heterocycles. The maximum atomic E-state index is 11.0. The first kappa shape index (κ1) is 12.9. The minimum atomic E-state index is -0.418. The Balaban J connectivity index is 2.62. The molecule has 0 aliphatic rings. The number of nitrogens with one attached hydrogen (secondary N) is 2. The monoisotopic (exact) mass is 303 g/mol. The summed E-state index contributed by atoms with van der Waals surface area (Å²) in [6.45, 7) is 0. The molecular formula is C9H10BrN3O2S. The zero-order chi connectivity index (χ0) is 12.0. The molecule has 0 spiro atoms. The van der Waals surface area contributed by atoms with Gasteiger partial charge >= 0.3 is 6.03 Å². The van der Waals surface area contributed by atoms with Crippen molar-refractivity contribution in [1.82, 2.24) is 10.1 Å². The zero-order valence-corrected chi connectivity index (χ0v) is 10.8. The highest BCUT2D eigenvalue weighted by Crippen LogP contribution is 2.19. The van der Waals surface area contributed by atoms with E-state index >= 15 is 0 Å². The molecule has 0 saturated carbocycles. The van der Waals surface area contributed by atoms with Crippen LogP contribution in [0.1, 0.15) is 5.56 Å². The minimum absolute atomic E-state index is 0.0963. The Morgan fingerprint density at radius 2 is 2.38 bits per heavy atom. The van der Waals surface area contributed by atoms with E-state index in [9.17, 15) is 9.90 Å². The molecule has 0 fully saturated rings. The fourth-order valence-electron chi connectivity index (χ4n) is 0.905. The van der Waals surface area contributed by atoms with Gasteiger partial charge in [0, 0.05) is 16.3 Å². The molecule has 0 aliphatic heterocycles. The average Bonchev–Trinajstić information content (AvgIpc) is 2.23. The number of hydrazone groups is 1. The molecule has 16 heavy (non-hydrogen) atoms. The van der Waals surface area contributed by atoms with Crippen molar-refractivity contribution in [2.24, 2.45) is 5.10 Å². The topological polar surface area (TPSA) is 73.7 Å². The number of hydrogen-bond donors (Lipinski definition) is 3. The molecule has 7 heteroatoms. The number of phenols is 1. The SMILES string of the molecule is CSNC(=O)N/N=C/c1cc(Br)ccc1O. The Bertz CT molecular complexity index is 412. The van der Waals surface area contributed by atoms with Crippen LogP contribution in [-0.4, -0.2) is 23.6 Å². The van der Waals surface area contributed by atoms with Crippen LogP contribution in [0.3, 0.4) is 0 Å².